The third-order valence-electron chi connectivity index (χ3n) is 5.10. The highest BCUT2D eigenvalue weighted by atomic mass is 16.5. The third-order valence-corrected chi connectivity index (χ3v) is 5.10. The lowest BCUT2D eigenvalue weighted by Crippen LogP contribution is -2.24. The molecule has 0 aliphatic heterocycles. The lowest BCUT2D eigenvalue weighted by Gasteiger charge is -2.14. The minimum absolute atomic E-state index is 0.00674. The fourth-order valence-electron chi connectivity index (χ4n) is 3.32. The van der Waals surface area contributed by atoms with Crippen molar-refractivity contribution < 1.29 is 14.6 Å². The Bertz CT molecular complexity index is 281. The van der Waals surface area contributed by atoms with Gasteiger partial charge in [0.05, 0.1) is 19.8 Å². The average molecular weight is 385 g/mol. The highest BCUT2D eigenvalue weighted by Crippen LogP contribution is 2.13. The van der Waals surface area contributed by atoms with Gasteiger partial charge in [-0.1, -0.05) is 109 Å². The molecule has 0 radical (unpaired) electrons. The number of rotatable bonds is 23. The van der Waals surface area contributed by atoms with E-state index >= 15 is 0 Å². The first-order chi connectivity index (χ1) is 13.3. The summed E-state index contributed by atoms with van der Waals surface area (Å²) in [6.45, 7) is 7.61. The monoisotopic (exact) mass is 384 g/mol. The lowest BCUT2D eigenvalue weighted by molar-refractivity contribution is -0.0331. The molecule has 3 heteroatoms. The van der Waals surface area contributed by atoms with Crippen LogP contribution < -0.4 is 0 Å². The molecule has 0 aromatic carbocycles. The van der Waals surface area contributed by atoms with Crippen molar-refractivity contribution in [3.05, 3.63) is 12.7 Å². The molecule has 0 saturated carbocycles. The van der Waals surface area contributed by atoms with Crippen LogP contribution in [0.2, 0.25) is 0 Å². The van der Waals surface area contributed by atoms with Crippen LogP contribution in [0.5, 0.6) is 0 Å². The zero-order chi connectivity index (χ0) is 19.8. The minimum Gasteiger partial charge on any atom is -0.394 e. The summed E-state index contributed by atoms with van der Waals surface area (Å²) in [6, 6.07) is 0. The van der Waals surface area contributed by atoms with E-state index in [1.807, 2.05) is 0 Å². The van der Waals surface area contributed by atoms with Crippen molar-refractivity contribution in [2.24, 2.45) is 0 Å². The molecule has 0 heterocycles. The number of ether oxygens (including phenoxy) is 2. The molecule has 0 unspecified atom stereocenters. The molecule has 1 N–H and O–H groups in total. The van der Waals surface area contributed by atoms with Crippen molar-refractivity contribution in [3.8, 4) is 0 Å². The zero-order valence-corrected chi connectivity index (χ0v) is 18.3. The van der Waals surface area contributed by atoms with Gasteiger partial charge in [0.15, 0.2) is 0 Å². The van der Waals surface area contributed by atoms with Gasteiger partial charge in [-0.2, -0.15) is 0 Å². The van der Waals surface area contributed by atoms with E-state index in [1.165, 1.54) is 96.3 Å². The van der Waals surface area contributed by atoms with Gasteiger partial charge >= 0.3 is 0 Å². The summed E-state index contributed by atoms with van der Waals surface area (Å²) in [7, 11) is 0. The van der Waals surface area contributed by atoms with E-state index in [4.69, 9.17) is 14.6 Å². The Morgan fingerprint density at radius 3 is 1.59 bits per heavy atom. The van der Waals surface area contributed by atoms with Crippen LogP contribution >= 0.6 is 0 Å². The summed E-state index contributed by atoms with van der Waals surface area (Å²) in [6.07, 6.45) is 23.6. The van der Waals surface area contributed by atoms with Gasteiger partial charge < -0.3 is 14.6 Å². The molecule has 0 saturated heterocycles. The highest BCUT2D eigenvalue weighted by molar-refractivity contribution is 4.66. The van der Waals surface area contributed by atoms with E-state index in [1.54, 1.807) is 6.08 Å². The van der Waals surface area contributed by atoms with Gasteiger partial charge in [0.1, 0.15) is 6.10 Å². The summed E-state index contributed by atoms with van der Waals surface area (Å²) in [5, 5.41) is 9.16. The van der Waals surface area contributed by atoms with Crippen molar-refractivity contribution in [1.82, 2.24) is 0 Å². The van der Waals surface area contributed by atoms with Crippen LogP contribution in [0.4, 0.5) is 0 Å². The van der Waals surface area contributed by atoms with Gasteiger partial charge in [-0.25, -0.2) is 0 Å². The second kappa shape index (κ2) is 23.7. The van der Waals surface area contributed by atoms with Gasteiger partial charge in [-0.3, -0.25) is 0 Å². The van der Waals surface area contributed by atoms with Gasteiger partial charge in [0, 0.05) is 6.61 Å². The predicted octanol–water partition coefficient (Wildman–Crippen LogP) is 6.83. The van der Waals surface area contributed by atoms with E-state index in [-0.39, 0.29) is 12.7 Å². The van der Waals surface area contributed by atoms with Crippen molar-refractivity contribution in [3.63, 3.8) is 0 Å². The zero-order valence-electron chi connectivity index (χ0n) is 18.3. The van der Waals surface area contributed by atoms with Gasteiger partial charge in [0.25, 0.3) is 0 Å². The smallest absolute Gasteiger partial charge is 0.104 e. The molecule has 3 nitrogen and oxygen atoms in total. The van der Waals surface area contributed by atoms with Crippen molar-refractivity contribution in [2.45, 2.75) is 116 Å². The van der Waals surface area contributed by atoms with Crippen LogP contribution in [-0.2, 0) is 9.47 Å². The normalized spacial score (nSPS) is 12.4. The maximum absolute atomic E-state index is 9.16. The molecule has 0 spiro atoms. The summed E-state index contributed by atoms with van der Waals surface area (Å²) >= 11 is 0. The van der Waals surface area contributed by atoms with Gasteiger partial charge in [-0.05, 0) is 6.42 Å². The summed E-state index contributed by atoms with van der Waals surface area (Å²) in [5.74, 6) is 0. The fourth-order valence-corrected chi connectivity index (χ4v) is 3.32. The van der Waals surface area contributed by atoms with Crippen LogP contribution in [0.15, 0.2) is 12.7 Å². The largest absolute Gasteiger partial charge is 0.394 e. The van der Waals surface area contributed by atoms with E-state index < -0.39 is 0 Å². The first-order valence-electron chi connectivity index (χ1n) is 11.8. The fraction of sp³-hybridized carbons (Fsp3) is 0.917. The Hall–Kier alpha value is -0.380. The minimum atomic E-state index is -0.218. The summed E-state index contributed by atoms with van der Waals surface area (Å²) in [4.78, 5) is 0. The quantitative estimate of drug-likeness (QED) is 0.155. The number of hydrogen-bond acceptors (Lipinski definition) is 3. The Morgan fingerprint density at radius 2 is 1.19 bits per heavy atom. The molecule has 1 atom stereocenters. The molecule has 0 aliphatic rings. The van der Waals surface area contributed by atoms with Crippen LogP contribution in [0.1, 0.15) is 110 Å². The molecule has 0 fully saturated rings. The van der Waals surface area contributed by atoms with Crippen molar-refractivity contribution >= 4 is 0 Å². The summed E-state index contributed by atoms with van der Waals surface area (Å²) < 4.78 is 11.0. The van der Waals surface area contributed by atoms with E-state index in [2.05, 4.69) is 13.5 Å². The molecular formula is C24H48O3. The van der Waals surface area contributed by atoms with Crippen LogP contribution in [0.25, 0.3) is 0 Å². The summed E-state index contributed by atoms with van der Waals surface area (Å²) in [5.41, 5.74) is 0. The van der Waals surface area contributed by atoms with Gasteiger partial charge in [0.2, 0.25) is 0 Å². The van der Waals surface area contributed by atoms with Crippen molar-refractivity contribution in [2.75, 3.05) is 26.4 Å². The van der Waals surface area contributed by atoms with E-state index in [0.717, 1.165) is 13.0 Å². The molecule has 0 amide bonds. The topological polar surface area (TPSA) is 38.7 Å². The van der Waals surface area contributed by atoms with E-state index in [0.29, 0.717) is 13.2 Å². The molecule has 0 bridgehead atoms. The second-order valence-corrected chi connectivity index (χ2v) is 7.80. The number of unbranched alkanes of at least 4 members (excludes halogenated alkanes) is 15. The Labute approximate surface area is 169 Å². The molecule has 27 heavy (non-hydrogen) atoms. The Morgan fingerprint density at radius 1 is 0.741 bits per heavy atom. The molecule has 0 aromatic rings. The first-order valence-corrected chi connectivity index (χ1v) is 11.8. The first kappa shape index (κ1) is 26.6. The van der Waals surface area contributed by atoms with Crippen LogP contribution in [0.3, 0.4) is 0 Å². The predicted molar refractivity (Wildman–Crippen MR) is 117 cm³/mol. The maximum atomic E-state index is 9.16. The Balaban J connectivity index is 3.11. The molecule has 0 aliphatic carbocycles. The van der Waals surface area contributed by atoms with Crippen LogP contribution in [0, 0.1) is 0 Å². The van der Waals surface area contributed by atoms with Gasteiger partial charge in [-0.15, -0.1) is 6.58 Å². The molecular weight excluding hydrogens is 336 g/mol. The average Bonchev–Trinajstić information content (AvgIpc) is 2.69. The number of hydrogen-bond donors (Lipinski definition) is 1. The van der Waals surface area contributed by atoms with Crippen LogP contribution in [-0.4, -0.2) is 37.6 Å². The van der Waals surface area contributed by atoms with E-state index in [9.17, 15) is 0 Å². The lowest BCUT2D eigenvalue weighted by atomic mass is 10.0. The van der Waals surface area contributed by atoms with Crippen molar-refractivity contribution in [1.29, 1.82) is 0 Å². The number of aliphatic hydroxyl groups is 1. The maximum Gasteiger partial charge on any atom is 0.104 e. The molecule has 162 valence electrons. The Kier molecular flexibility index (Phi) is 23.3. The highest BCUT2D eigenvalue weighted by Gasteiger charge is 2.06. The molecule has 0 rings (SSSR count). The number of aliphatic hydroxyl groups excluding tert-OH is 1. The molecule has 0 aromatic heterocycles. The second-order valence-electron chi connectivity index (χ2n) is 7.80. The SMILES string of the molecule is C=CCO[C@@H](CO)COCCCCCCCCCCCCCCCCCC. The standard InChI is InChI=1S/C24H48O3/c1-3-5-6-7-8-9-10-11-12-13-14-15-16-17-18-19-21-26-23-24(22-25)27-20-4-2/h4,24-25H,2-3,5-23H2,1H3/t24-/m0/s1. The third kappa shape index (κ3) is 21.8.